The first-order valence-corrected chi connectivity index (χ1v) is 9.81. The molecular formula is C15H11FN2O6S2. The fourth-order valence-electron chi connectivity index (χ4n) is 2.03. The summed E-state index contributed by atoms with van der Waals surface area (Å²) in [5.74, 6) is -2.33. The number of hydrogen-bond acceptors (Lipinski definition) is 7. The number of carbonyl (C=O) groups excluding carboxylic acids is 1. The highest BCUT2D eigenvalue weighted by molar-refractivity contribution is 7.92. The van der Waals surface area contributed by atoms with E-state index in [1.807, 2.05) is 0 Å². The van der Waals surface area contributed by atoms with Gasteiger partial charge in [-0.05, 0) is 36.4 Å². The van der Waals surface area contributed by atoms with Crippen LogP contribution in [0, 0.1) is 5.82 Å². The molecule has 11 heteroatoms. The molecule has 2 aromatic heterocycles. The Morgan fingerprint density at radius 1 is 1.23 bits per heavy atom. The van der Waals surface area contributed by atoms with E-state index < -0.39 is 48.2 Å². The smallest absolute Gasteiger partial charge is 0.265 e. The summed E-state index contributed by atoms with van der Waals surface area (Å²) in [6.07, 6.45) is 1.31. The van der Waals surface area contributed by atoms with Crippen LogP contribution in [0.4, 0.5) is 4.39 Å². The van der Waals surface area contributed by atoms with E-state index in [-0.39, 0.29) is 16.5 Å². The molecule has 0 aliphatic carbocycles. The van der Waals surface area contributed by atoms with Crippen LogP contribution in [0.25, 0.3) is 11.7 Å². The van der Waals surface area contributed by atoms with E-state index >= 15 is 0 Å². The van der Waals surface area contributed by atoms with Crippen molar-refractivity contribution in [2.24, 2.45) is 5.73 Å². The van der Waals surface area contributed by atoms with Crippen LogP contribution >= 0.6 is 0 Å². The molecule has 0 saturated carbocycles. The number of hydrogen-bond donors (Lipinski definition) is 1. The lowest BCUT2D eigenvalue weighted by Gasteiger charge is -2.03. The maximum Gasteiger partial charge on any atom is 0.265 e. The molecule has 0 radical (unpaired) electrons. The van der Waals surface area contributed by atoms with Gasteiger partial charge in [0.25, 0.3) is 5.89 Å². The quantitative estimate of drug-likeness (QED) is 0.622. The minimum absolute atomic E-state index is 0.0999. The van der Waals surface area contributed by atoms with Crippen molar-refractivity contribution in [3.8, 4) is 11.7 Å². The van der Waals surface area contributed by atoms with Gasteiger partial charge in [0.1, 0.15) is 22.4 Å². The van der Waals surface area contributed by atoms with E-state index in [9.17, 15) is 21.8 Å². The summed E-state index contributed by atoms with van der Waals surface area (Å²) in [5, 5.41) is -1.20. The van der Waals surface area contributed by atoms with Crippen molar-refractivity contribution in [3.63, 3.8) is 0 Å². The fourth-order valence-corrected chi connectivity index (χ4v) is 4.62. The normalized spacial score (nSPS) is 12.8. The van der Waals surface area contributed by atoms with Gasteiger partial charge in [-0.25, -0.2) is 12.8 Å². The predicted octanol–water partition coefficient (Wildman–Crippen LogP) is 1.50. The van der Waals surface area contributed by atoms with Gasteiger partial charge in [0, 0.05) is 0 Å². The minimum Gasteiger partial charge on any atom is -0.459 e. The number of nitrogens with two attached hydrogens (primary N) is 1. The van der Waals surface area contributed by atoms with Crippen molar-refractivity contribution in [3.05, 3.63) is 48.5 Å². The highest BCUT2D eigenvalue weighted by Gasteiger charge is 2.32. The SMILES string of the molecule is NC(=O)CS(=O)c1oc(-c2ccco2)nc1S(=O)(=O)c1ccc(F)cc1. The number of nitrogens with zero attached hydrogens (tertiary/aromatic N) is 1. The monoisotopic (exact) mass is 398 g/mol. The maximum atomic E-state index is 13.1. The lowest BCUT2D eigenvalue weighted by Crippen LogP contribution is -2.20. The molecule has 0 aliphatic heterocycles. The van der Waals surface area contributed by atoms with Crippen molar-refractivity contribution in [2.75, 3.05) is 5.75 Å². The van der Waals surface area contributed by atoms with Crippen LogP contribution in [0.15, 0.2) is 66.5 Å². The van der Waals surface area contributed by atoms with E-state index in [0.29, 0.717) is 0 Å². The number of amides is 1. The van der Waals surface area contributed by atoms with Gasteiger partial charge >= 0.3 is 0 Å². The topological polar surface area (TPSA) is 133 Å². The van der Waals surface area contributed by atoms with E-state index in [2.05, 4.69) is 4.98 Å². The van der Waals surface area contributed by atoms with Gasteiger partial charge in [-0.15, -0.1) is 0 Å². The molecule has 1 aromatic carbocycles. The molecule has 136 valence electrons. The third kappa shape index (κ3) is 3.44. The summed E-state index contributed by atoms with van der Waals surface area (Å²) >= 11 is 0. The molecule has 0 saturated heterocycles. The van der Waals surface area contributed by atoms with Crippen LogP contribution in [0.3, 0.4) is 0 Å². The number of sulfone groups is 1. The molecule has 0 bridgehead atoms. The summed E-state index contributed by atoms with van der Waals surface area (Å²) < 4.78 is 61.4. The Morgan fingerprint density at radius 3 is 2.50 bits per heavy atom. The Labute approximate surface area is 149 Å². The number of primary amides is 1. The second-order valence-corrected chi connectivity index (χ2v) is 8.22. The average molecular weight is 398 g/mol. The Morgan fingerprint density at radius 2 is 1.92 bits per heavy atom. The summed E-state index contributed by atoms with van der Waals surface area (Å²) in [7, 11) is -6.48. The van der Waals surface area contributed by atoms with Crippen molar-refractivity contribution in [2.45, 2.75) is 15.0 Å². The van der Waals surface area contributed by atoms with Gasteiger partial charge in [0.15, 0.2) is 5.76 Å². The molecule has 3 rings (SSSR count). The van der Waals surface area contributed by atoms with Crippen LogP contribution in [-0.2, 0) is 25.4 Å². The van der Waals surface area contributed by atoms with Crippen LogP contribution < -0.4 is 5.73 Å². The molecule has 1 amide bonds. The average Bonchev–Trinajstić information content (AvgIpc) is 3.24. The summed E-state index contributed by atoms with van der Waals surface area (Å²) in [4.78, 5) is 14.6. The number of oxazole rings is 1. The maximum absolute atomic E-state index is 13.1. The zero-order valence-electron chi connectivity index (χ0n) is 12.9. The first-order valence-electron chi connectivity index (χ1n) is 7.01. The molecule has 1 atom stereocenters. The Hall–Kier alpha value is -2.79. The van der Waals surface area contributed by atoms with Gasteiger partial charge < -0.3 is 14.6 Å². The number of rotatable bonds is 6. The molecule has 2 N–H and O–H groups in total. The molecule has 26 heavy (non-hydrogen) atoms. The summed E-state index contributed by atoms with van der Waals surface area (Å²) in [5.41, 5.74) is 5.02. The summed E-state index contributed by atoms with van der Waals surface area (Å²) in [6.45, 7) is 0. The second kappa shape index (κ2) is 6.84. The predicted molar refractivity (Wildman–Crippen MR) is 86.5 cm³/mol. The highest BCUT2D eigenvalue weighted by atomic mass is 32.2. The molecule has 1 unspecified atom stereocenters. The van der Waals surface area contributed by atoms with Crippen molar-refractivity contribution >= 4 is 26.5 Å². The van der Waals surface area contributed by atoms with E-state index in [1.165, 1.54) is 18.4 Å². The molecule has 2 heterocycles. The van der Waals surface area contributed by atoms with Crippen LogP contribution in [0.5, 0.6) is 0 Å². The van der Waals surface area contributed by atoms with E-state index in [0.717, 1.165) is 24.3 Å². The lowest BCUT2D eigenvalue weighted by molar-refractivity contribution is -0.115. The van der Waals surface area contributed by atoms with Crippen LogP contribution in [0.2, 0.25) is 0 Å². The minimum atomic E-state index is -4.30. The Balaban J connectivity index is 2.16. The third-order valence-corrected chi connectivity index (χ3v) is 6.20. The van der Waals surface area contributed by atoms with Crippen molar-refractivity contribution in [1.82, 2.24) is 4.98 Å². The van der Waals surface area contributed by atoms with Gasteiger partial charge in [-0.1, -0.05) is 0 Å². The van der Waals surface area contributed by atoms with Gasteiger partial charge in [-0.2, -0.15) is 4.98 Å². The molecule has 0 fully saturated rings. The second-order valence-electron chi connectivity index (χ2n) is 5.00. The summed E-state index contributed by atoms with van der Waals surface area (Å²) in [6, 6.07) is 6.97. The zero-order valence-corrected chi connectivity index (χ0v) is 14.6. The largest absolute Gasteiger partial charge is 0.459 e. The number of halogens is 1. The van der Waals surface area contributed by atoms with Gasteiger partial charge in [0.2, 0.25) is 25.9 Å². The van der Waals surface area contributed by atoms with Crippen LogP contribution in [-0.4, -0.2) is 29.3 Å². The Bertz CT molecular complexity index is 1070. The molecule has 8 nitrogen and oxygen atoms in total. The highest BCUT2D eigenvalue weighted by Crippen LogP contribution is 2.31. The first kappa shape index (κ1) is 18.0. The van der Waals surface area contributed by atoms with Crippen molar-refractivity contribution in [1.29, 1.82) is 0 Å². The van der Waals surface area contributed by atoms with Gasteiger partial charge in [-0.3, -0.25) is 9.00 Å². The molecule has 0 spiro atoms. The fraction of sp³-hybridized carbons (Fsp3) is 0.0667. The lowest BCUT2D eigenvalue weighted by atomic mass is 10.4. The van der Waals surface area contributed by atoms with Crippen molar-refractivity contribution < 1.29 is 30.6 Å². The third-order valence-electron chi connectivity index (χ3n) is 3.16. The number of benzene rings is 1. The first-order chi connectivity index (χ1) is 12.3. The van der Waals surface area contributed by atoms with Gasteiger partial charge in [0.05, 0.1) is 11.2 Å². The zero-order chi connectivity index (χ0) is 18.9. The molecule has 3 aromatic rings. The molecule has 0 aliphatic rings. The number of carbonyl (C=O) groups is 1. The standard InChI is InChI=1S/C15H11FN2O6S2/c16-9-3-5-10(6-4-9)26(21,22)14-15(25(20)8-12(17)19)24-13(18-14)11-2-1-7-23-11/h1-7H,8H2,(H2,17,19). The molecular weight excluding hydrogens is 387 g/mol. The van der Waals surface area contributed by atoms with E-state index in [1.54, 1.807) is 0 Å². The van der Waals surface area contributed by atoms with Crippen LogP contribution in [0.1, 0.15) is 0 Å². The van der Waals surface area contributed by atoms with E-state index in [4.69, 9.17) is 14.6 Å². The Kier molecular flexibility index (Phi) is 4.74. The number of furan rings is 1. The number of aromatic nitrogens is 1.